The molecule has 0 aliphatic heterocycles. The lowest BCUT2D eigenvalue weighted by Gasteiger charge is -2.11. The van der Waals surface area contributed by atoms with Gasteiger partial charge in [0.05, 0.1) is 10.7 Å². The SMILES string of the molecule is O=[N+]([O-])c1ccccc1-c1nnc(CSc2ncnc3sc4c(c23)CCCC4)o1. The minimum atomic E-state index is -0.453. The van der Waals surface area contributed by atoms with Crippen LogP contribution in [0.5, 0.6) is 0 Å². The van der Waals surface area contributed by atoms with Crippen molar-refractivity contribution < 1.29 is 9.34 Å². The molecule has 0 N–H and O–H groups in total. The van der Waals surface area contributed by atoms with Gasteiger partial charge in [-0.2, -0.15) is 0 Å². The Balaban J connectivity index is 1.41. The smallest absolute Gasteiger partial charge is 0.282 e. The maximum Gasteiger partial charge on any atom is 0.282 e. The lowest BCUT2D eigenvalue weighted by molar-refractivity contribution is -0.384. The van der Waals surface area contributed by atoms with Crippen molar-refractivity contribution in [2.45, 2.75) is 36.5 Å². The molecule has 0 fully saturated rings. The van der Waals surface area contributed by atoms with Gasteiger partial charge in [-0.05, 0) is 37.3 Å². The van der Waals surface area contributed by atoms with Gasteiger partial charge in [0.15, 0.2) is 0 Å². The molecule has 5 rings (SSSR count). The fourth-order valence-corrected chi connectivity index (χ4v) is 5.69. The van der Waals surface area contributed by atoms with Crippen LogP contribution in [-0.4, -0.2) is 25.1 Å². The summed E-state index contributed by atoms with van der Waals surface area (Å²) in [5.74, 6) is 0.984. The Morgan fingerprint density at radius 1 is 1.17 bits per heavy atom. The third-order valence-corrected chi connectivity index (χ3v) is 7.02. The van der Waals surface area contributed by atoms with E-state index in [0.29, 0.717) is 17.2 Å². The molecule has 0 bridgehead atoms. The number of nitro benzene ring substituents is 1. The molecule has 1 aromatic carbocycles. The van der Waals surface area contributed by atoms with Crippen molar-refractivity contribution in [3.8, 4) is 11.5 Å². The minimum absolute atomic E-state index is 0.0576. The van der Waals surface area contributed by atoms with Gasteiger partial charge in [-0.15, -0.1) is 21.5 Å². The van der Waals surface area contributed by atoms with Crippen molar-refractivity contribution in [3.05, 3.63) is 57.0 Å². The summed E-state index contributed by atoms with van der Waals surface area (Å²) >= 11 is 3.29. The van der Waals surface area contributed by atoms with Crippen LogP contribution >= 0.6 is 23.1 Å². The highest BCUT2D eigenvalue weighted by molar-refractivity contribution is 7.98. The van der Waals surface area contributed by atoms with Gasteiger partial charge in [0.25, 0.3) is 11.6 Å². The van der Waals surface area contributed by atoms with Crippen molar-refractivity contribution in [3.63, 3.8) is 0 Å². The number of para-hydroxylation sites is 1. The van der Waals surface area contributed by atoms with Crippen LogP contribution in [0, 0.1) is 10.1 Å². The lowest BCUT2D eigenvalue weighted by atomic mass is 9.97. The molecule has 1 aliphatic rings. The molecule has 1 aliphatic carbocycles. The van der Waals surface area contributed by atoms with Crippen LogP contribution in [0.25, 0.3) is 21.7 Å². The third-order valence-electron chi connectivity index (χ3n) is 4.85. The summed E-state index contributed by atoms with van der Waals surface area (Å²) in [6.45, 7) is 0. The Labute approximate surface area is 173 Å². The number of nitrogens with zero attached hydrogens (tertiary/aromatic N) is 5. The molecule has 8 nitrogen and oxygen atoms in total. The summed E-state index contributed by atoms with van der Waals surface area (Å²) in [6, 6.07) is 6.34. The molecule has 0 amide bonds. The second-order valence-electron chi connectivity index (χ2n) is 6.63. The maximum absolute atomic E-state index is 11.2. The molecule has 4 aromatic rings. The molecule has 10 heteroatoms. The van der Waals surface area contributed by atoms with E-state index in [9.17, 15) is 10.1 Å². The molecular weight excluding hydrogens is 410 g/mol. The van der Waals surface area contributed by atoms with E-state index in [1.165, 1.54) is 41.1 Å². The summed E-state index contributed by atoms with van der Waals surface area (Å²) in [4.78, 5) is 22.2. The van der Waals surface area contributed by atoms with Gasteiger partial charge in [0.1, 0.15) is 21.7 Å². The second-order valence-corrected chi connectivity index (χ2v) is 8.68. The maximum atomic E-state index is 11.2. The highest BCUT2D eigenvalue weighted by atomic mass is 32.2. The zero-order valence-corrected chi connectivity index (χ0v) is 16.8. The average Bonchev–Trinajstić information content (AvgIpc) is 3.37. The Morgan fingerprint density at radius 2 is 2.03 bits per heavy atom. The van der Waals surface area contributed by atoms with Crippen molar-refractivity contribution >= 4 is 39.0 Å². The molecule has 3 heterocycles. The normalized spacial score (nSPS) is 13.5. The largest absolute Gasteiger partial charge is 0.420 e. The number of thioether (sulfide) groups is 1. The third kappa shape index (κ3) is 3.38. The fraction of sp³-hybridized carbons (Fsp3) is 0.263. The fourth-order valence-electron chi connectivity index (χ4n) is 3.54. The second kappa shape index (κ2) is 7.53. The van der Waals surface area contributed by atoms with Gasteiger partial charge in [0.2, 0.25) is 5.89 Å². The average molecular weight is 425 g/mol. The highest BCUT2D eigenvalue weighted by Crippen LogP contribution is 2.40. The van der Waals surface area contributed by atoms with Crippen LogP contribution < -0.4 is 0 Å². The Bertz CT molecular complexity index is 1220. The monoisotopic (exact) mass is 425 g/mol. The summed E-state index contributed by atoms with van der Waals surface area (Å²) < 4.78 is 5.70. The van der Waals surface area contributed by atoms with E-state index in [1.807, 2.05) is 0 Å². The van der Waals surface area contributed by atoms with Gasteiger partial charge >= 0.3 is 0 Å². The van der Waals surface area contributed by atoms with E-state index in [-0.39, 0.29) is 11.6 Å². The number of rotatable bonds is 5. The summed E-state index contributed by atoms with van der Waals surface area (Å²) in [7, 11) is 0. The molecule has 0 radical (unpaired) electrons. The quantitative estimate of drug-likeness (QED) is 0.194. The highest BCUT2D eigenvalue weighted by Gasteiger charge is 2.22. The van der Waals surface area contributed by atoms with Crippen LogP contribution in [0.4, 0.5) is 5.69 Å². The Kier molecular flexibility index (Phi) is 4.72. The van der Waals surface area contributed by atoms with Gasteiger partial charge in [-0.25, -0.2) is 9.97 Å². The first-order valence-electron chi connectivity index (χ1n) is 9.15. The standard InChI is InChI=1S/C19H15N5O3S2/c25-24(26)13-7-3-1-5-11(13)17-23-22-15(27-17)9-28-18-16-12-6-2-4-8-14(12)29-19(16)21-10-20-18/h1,3,5,7,10H,2,4,6,8-9H2. The van der Waals surface area contributed by atoms with Crippen LogP contribution in [0.1, 0.15) is 29.2 Å². The van der Waals surface area contributed by atoms with Crippen LogP contribution in [0.2, 0.25) is 0 Å². The zero-order valence-electron chi connectivity index (χ0n) is 15.2. The number of hydrogen-bond acceptors (Lipinski definition) is 9. The van der Waals surface area contributed by atoms with Gasteiger partial charge < -0.3 is 4.42 Å². The Morgan fingerprint density at radius 3 is 2.93 bits per heavy atom. The van der Waals surface area contributed by atoms with Crippen molar-refractivity contribution in [1.29, 1.82) is 0 Å². The number of thiophene rings is 1. The van der Waals surface area contributed by atoms with Gasteiger partial charge in [-0.1, -0.05) is 23.9 Å². The lowest BCUT2D eigenvalue weighted by Crippen LogP contribution is -1.99. The molecular formula is C19H15N5O3S2. The van der Waals surface area contributed by atoms with Gasteiger partial charge in [-0.3, -0.25) is 10.1 Å². The molecule has 29 heavy (non-hydrogen) atoms. The first kappa shape index (κ1) is 18.2. The number of benzene rings is 1. The summed E-state index contributed by atoms with van der Waals surface area (Å²) in [5, 5.41) is 21.4. The molecule has 146 valence electrons. The number of aryl methyl sites for hydroxylation is 2. The van der Waals surface area contributed by atoms with Crippen LogP contribution in [-0.2, 0) is 18.6 Å². The van der Waals surface area contributed by atoms with E-state index in [0.717, 1.165) is 28.1 Å². The molecule has 0 saturated carbocycles. The minimum Gasteiger partial charge on any atom is -0.420 e. The zero-order chi connectivity index (χ0) is 19.8. The molecule has 0 spiro atoms. The van der Waals surface area contributed by atoms with Crippen LogP contribution in [0.15, 0.2) is 40.0 Å². The van der Waals surface area contributed by atoms with E-state index in [4.69, 9.17) is 4.42 Å². The number of fused-ring (bicyclic) bond motifs is 3. The topological polar surface area (TPSA) is 108 Å². The predicted octanol–water partition coefficient (Wildman–Crippen LogP) is 4.82. The first-order chi connectivity index (χ1) is 14.2. The van der Waals surface area contributed by atoms with E-state index in [1.54, 1.807) is 35.9 Å². The van der Waals surface area contributed by atoms with E-state index in [2.05, 4.69) is 20.2 Å². The molecule has 0 saturated heterocycles. The molecule has 0 unspecified atom stereocenters. The van der Waals surface area contributed by atoms with Crippen molar-refractivity contribution in [2.75, 3.05) is 0 Å². The molecule has 0 atom stereocenters. The van der Waals surface area contributed by atoms with Gasteiger partial charge in [0, 0.05) is 16.3 Å². The summed E-state index contributed by atoms with van der Waals surface area (Å²) in [6.07, 6.45) is 6.20. The first-order valence-corrected chi connectivity index (χ1v) is 10.9. The number of aromatic nitrogens is 4. The predicted molar refractivity (Wildman–Crippen MR) is 110 cm³/mol. The van der Waals surface area contributed by atoms with Crippen molar-refractivity contribution in [2.24, 2.45) is 0 Å². The summed E-state index contributed by atoms with van der Waals surface area (Å²) in [5.41, 5.74) is 1.64. The van der Waals surface area contributed by atoms with Crippen molar-refractivity contribution in [1.82, 2.24) is 20.2 Å². The Hall–Kier alpha value is -2.85. The van der Waals surface area contributed by atoms with Crippen LogP contribution in [0.3, 0.4) is 0 Å². The number of nitro groups is 1. The van der Waals surface area contributed by atoms with E-state index < -0.39 is 4.92 Å². The van der Waals surface area contributed by atoms with E-state index >= 15 is 0 Å². The number of hydrogen-bond donors (Lipinski definition) is 0. The molecule has 3 aromatic heterocycles.